The van der Waals surface area contributed by atoms with Gasteiger partial charge in [-0.2, -0.15) is 0 Å². The van der Waals surface area contributed by atoms with Crippen molar-refractivity contribution in [3.63, 3.8) is 0 Å². The zero-order chi connectivity index (χ0) is 21.8. The topological polar surface area (TPSA) is 75.6 Å². The summed E-state index contributed by atoms with van der Waals surface area (Å²) >= 11 is 0. The van der Waals surface area contributed by atoms with Gasteiger partial charge in [0, 0.05) is 31.9 Å². The van der Waals surface area contributed by atoms with Gasteiger partial charge in [-0.25, -0.2) is 14.4 Å². The Morgan fingerprint density at radius 2 is 2.00 bits per heavy atom. The highest BCUT2D eigenvalue weighted by Crippen LogP contribution is 2.31. The van der Waals surface area contributed by atoms with Gasteiger partial charge >= 0.3 is 0 Å². The molecule has 0 spiro atoms. The predicted molar refractivity (Wildman–Crippen MR) is 112 cm³/mol. The zero-order valence-corrected chi connectivity index (χ0v) is 17.7. The van der Waals surface area contributed by atoms with Crippen LogP contribution in [0.25, 0.3) is 0 Å². The van der Waals surface area contributed by atoms with E-state index >= 15 is 0 Å². The normalized spacial score (nSPS) is 18.5. The lowest BCUT2D eigenvalue weighted by Crippen LogP contribution is -2.33. The lowest BCUT2D eigenvalue weighted by molar-refractivity contribution is -0.132. The molecule has 2 aromatic rings. The molecule has 2 aliphatic heterocycles. The van der Waals surface area contributed by atoms with E-state index in [4.69, 9.17) is 4.74 Å². The lowest BCUT2D eigenvalue weighted by Gasteiger charge is -2.24. The summed E-state index contributed by atoms with van der Waals surface area (Å²) in [5.41, 5.74) is 1.18. The number of halogens is 1. The van der Waals surface area contributed by atoms with Gasteiger partial charge in [0.25, 0.3) is 5.91 Å². The Morgan fingerprint density at radius 3 is 2.74 bits per heavy atom. The zero-order valence-electron chi connectivity index (χ0n) is 17.7. The van der Waals surface area contributed by atoms with Gasteiger partial charge in [0.2, 0.25) is 5.91 Å². The third-order valence-corrected chi connectivity index (χ3v) is 5.87. The van der Waals surface area contributed by atoms with Crippen LogP contribution in [0, 0.1) is 12.7 Å². The number of aromatic nitrogens is 2. The number of rotatable bonds is 6. The second-order valence-electron chi connectivity index (χ2n) is 8.03. The molecule has 0 bridgehead atoms. The van der Waals surface area contributed by atoms with Crippen molar-refractivity contribution in [2.45, 2.75) is 45.1 Å². The van der Waals surface area contributed by atoms with E-state index in [1.165, 1.54) is 12.1 Å². The molecule has 4 rings (SSSR count). The Morgan fingerprint density at radius 1 is 1.19 bits per heavy atom. The Balaban J connectivity index is 1.38. The van der Waals surface area contributed by atoms with Gasteiger partial charge in [-0.15, -0.1) is 0 Å². The molecule has 2 fully saturated rings. The molecule has 2 saturated heterocycles. The van der Waals surface area contributed by atoms with Crippen LogP contribution >= 0.6 is 0 Å². The van der Waals surface area contributed by atoms with E-state index in [1.807, 2.05) is 11.8 Å². The first kappa shape index (κ1) is 21.2. The van der Waals surface area contributed by atoms with Crippen molar-refractivity contribution in [1.82, 2.24) is 19.8 Å². The van der Waals surface area contributed by atoms with E-state index in [2.05, 4.69) is 9.97 Å². The Labute approximate surface area is 181 Å². The largest absolute Gasteiger partial charge is 0.493 e. The molecule has 2 amide bonds. The van der Waals surface area contributed by atoms with Gasteiger partial charge in [-0.3, -0.25) is 9.59 Å². The second kappa shape index (κ2) is 9.41. The predicted octanol–water partition coefficient (Wildman–Crippen LogP) is 3.29. The van der Waals surface area contributed by atoms with Crippen LogP contribution in [0.3, 0.4) is 0 Å². The molecule has 0 radical (unpaired) electrons. The van der Waals surface area contributed by atoms with Crippen molar-refractivity contribution in [3.8, 4) is 5.75 Å². The fourth-order valence-corrected chi connectivity index (χ4v) is 4.24. The van der Waals surface area contributed by atoms with E-state index < -0.39 is 0 Å². The molecule has 0 unspecified atom stereocenters. The average Bonchev–Trinajstić information content (AvgIpc) is 3.45. The molecule has 1 aromatic carbocycles. The van der Waals surface area contributed by atoms with E-state index in [1.54, 1.807) is 23.2 Å². The van der Waals surface area contributed by atoms with Gasteiger partial charge in [0.1, 0.15) is 11.6 Å². The standard InChI is InChI=1S/C23H27FN4O3/c1-16-19(23(30)27-10-2-3-11-27)15-25-22(26-16)20-8-5-12-28(20)21(29)9-13-31-18-7-4-6-17(24)14-18/h4,6-7,14-15,20H,2-3,5,8-13H2,1H3/t20-/m1/s1. The van der Waals surface area contributed by atoms with Crippen molar-refractivity contribution >= 4 is 11.8 Å². The summed E-state index contributed by atoms with van der Waals surface area (Å²) in [6, 6.07) is 5.68. The van der Waals surface area contributed by atoms with Gasteiger partial charge in [0.05, 0.1) is 30.3 Å². The van der Waals surface area contributed by atoms with Crippen molar-refractivity contribution < 1.29 is 18.7 Å². The summed E-state index contributed by atoms with van der Waals surface area (Å²) in [6.45, 7) is 4.20. The van der Waals surface area contributed by atoms with E-state index in [-0.39, 0.29) is 36.7 Å². The van der Waals surface area contributed by atoms with Crippen LogP contribution in [0.1, 0.15) is 60.0 Å². The number of benzene rings is 1. The highest BCUT2D eigenvalue weighted by Gasteiger charge is 2.32. The van der Waals surface area contributed by atoms with Crippen LogP contribution < -0.4 is 4.74 Å². The van der Waals surface area contributed by atoms with Crippen LogP contribution in [0.2, 0.25) is 0 Å². The van der Waals surface area contributed by atoms with E-state index in [0.29, 0.717) is 29.4 Å². The van der Waals surface area contributed by atoms with Crippen LogP contribution in [0.4, 0.5) is 4.39 Å². The van der Waals surface area contributed by atoms with Crippen molar-refractivity contribution in [2.24, 2.45) is 0 Å². The summed E-state index contributed by atoms with van der Waals surface area (Å²) in [5, 5.41) is 0. The van der Waals surface area contributed by atoms with Gasteiger partial charge in [-0.1, -0.05) is 6.07 Å². The third kappa shape index (κ3) is 4.84. The molecule has 2 aliphatic rings. The number of hydrogen-bond acceptors (Lipinski definition) is 5. The van der Waals surface area contributed by atoms with Crippen LogP contribution in [-0.2, 0) is 4.79 Å². The summed E-state index contributed by atoms with van der Waals surface area (Å²) in [7, 11) is 0. The summed E-state index contributed by atoms with van der Waals surface area (Å²) < 4.78 is 18.8. The van der Waals surface area contributed by atoms with Crippen LogP contribution in [0.5, 0.6) is 5.75 Å². The fraction of sp³-hybridized carbons (Fsp3) is 0.478. The second-order valence-corrected chi connectivity index (χ2v) is 8.03. The highest BCUT2D eigenvalue weighted by molar-refractivity contribution is 5.95. The van der Waals surface area contributed by atoms with E-state index in [9.17, 15) is 14.0 Å². The molecule has 8 heteroatoms. The molecule has 7 nitrogen and oxygen atoms in total. The number of nitrogens with zero attached hydrogens (tertiary/aromatic N) is 4. The molecule has 164 valence electrons. The first-order valence-electron chi connectivity index (χ1n) is 10.8. The minimum Gasteiger partial charge on any atom is -0.493 e. The highest BCUT2D eigenvalue weighted by atomic mass is 19.1. The fourth-order valence-electron chi connectivity index (χ4n) is 4.24. The summed E-state index contributed by atoms with van der Waals surface area (Å²) in [4.78, 5) is 38.1. The molecule has 3 heterocycles. The number of amides is 2. The molecule has 0 saturated carbocycles. The Hall–Kier alpha value is -3.03. The molecule has 0 aliphatic carbocycles. The number of likely N-dealkylation sites (tertiary alicyclic amines) is 2. The SMILES string of the molecule is Cc1nc([C@H]2CCCN2C(=O)CCOc2cccc(F)c2)ncc1C(=O)N1CCCC1. The number of carbonyl (C=O) groups is 2. The minimum absolute atomic E-state index is 0.0181. The minimum atomic E-state index is -0.373. The first-order chi connectivity index (χ1) is 15.0. The summed E-state index contributed by atoms with van der Waals surface area (Å²) in [6.07, 6.45) is 5.52. The number of hydrogen-bond donors (Lipinski definition) is 0. The maximum Gasteiger partial charge on any atom is 0.257 e. The average molecular weight is 426 g/mol. The van der Waals surface area contributed by atoms with E-state index in [0.717, 1.165) is 38.8 Å². The molecule has 0 N–H and O–H groups in total. The van der Waals surface area contributed by atoms with Crippen molar-refractivity contribution in [3.05, 3.63) is 53.4 Å². The first-order valence-corrected chi connectivity index (χ1v) is 10.8. The monoisotopic (exact) mass is 426 g/mol. The molecular weight excluding hydrogens is 399 g/mol. The molecule has 31 heavy (non-hydrogen) atoms. The smallest absolute Gasteiger partial charge is 0.257 e. The van der Waals surface area contributed by atoms with Crippen LogP contribution in [0.15, 0.2) is 30.5 Å². The summed E-state index contributed by atoms with van der Waals surface area (Å²) in [5.74, 6) is 0.547. The third-order valence-electron chi connectivity index (χ3n) is 5.87. The number of carbonyl (C=O) groups excluding carboxylic acids is 2. The van der Waals surface area contributed by atoms with Crippen LogP contribution in [-0.4, -0.2) is 57.8 Å². The lowest BCUT2D eigenvalue weighted by atomic mass is 10.1. The Bertz CT molecular complexity index is 962. The number of ether oxygens (including phenoxy) is 1. The maximum atomic E-state index is 13.2. The van der Waals surface area contributed by atoms with Gasteiger partial charge in [0.15, 0.2) is 5.82 Å². The molecular formula is C23H27FN4O3. The molecule has 1 atom stereocenters. The van der Waals surface area contributed by atoms with Crippen molar-refractivity contribution in [1.29, 1.82) is 0 Å². The quantitative estimate of drug-likeness (QED) is 0.709. The van der Waals surface area contributed by atoms with Crippen molar-refractivity contribution in [2.75, 3.05) is 26.2 Å². The maximum absolute atomic E-state index is 13.2. The number of aryl methyl sites for hydroxylation is 1. The Kier molecular flexibility index (Phi) is 6.44. The van der Waals surface area contributed by atoms with Gasteiger partial charge < -0.3 is 14.5 Å². The van der Waals surface area contributed by atoms with Gasteiger partial charge in [-0.05, 0) is 44.7 Å². The molecule has 1 aromatic heterocycles.